The average Bonchev–Trinajstić information content (AvgIpc) is 2.97. The number of hydrogen-bond donors (Lipinski definition) is 1. The maximum Gasteiger partial charge on any atom is 0.262 e. The molecular weight excluding hydrogens is 284 g/mol. The molecule has 1 N–H and O–H groups in total. The average molecular weight is 299 g/mol. The predicted octanol–water partition coefficient (Wildman–Crippen LogP) is 2.55. The quantitative estimate of drug-likeness (QED) is 0.923. The fourth-order valence-corrected chi connectivity index (χ4v) is 2.76. The Bertz CT molecular complexity index is 564. The van der Waals surface area contributed by atoms with E-state index in [1.807, 2.05) is 4.57 Å². The number of aromatic nitrogens is 3. The van der Waals surface area contributed by atoms with Crippen LogP contribution in [-0.2, 0) is 6.42 Å². The second-order valence-corrected chi connectivity index (χ2v) is 5.68. The van der Waals surface area contributed by atoms with E-state index in [0.717, 1.165) is 5.82 Å². The van der Waals surface area contributed by atoms with Crippen LogP contribution in [0.4, 0.5) is 0 Å². The van der Waals surface area contributed by atoms with Crippen LogP contribution in [0.1, 0.15) is 35.4 Å². The van der Waals surface area contributed by atoms with Gasteiger partial charge in [0.1, 0.15) is 17.0 Å². The first-order valence-corrected chi connectivity index (χ1v) is 7.25. The lowest BCUT2D eigenvalue weighted by atomic mass is 10.3. The molecule has 0 aliphatic rings. The van der Waals surface area contributed by atoms with E-state index < -0.39 is 0 Å². The van der Waals surface area contributed by atoms with Gasteiger partial charge in [-0.05, 0) is 25.3 Å². The topological polar surface area (TPSA) is 59.8 Å². The second kappa shape index (κ2) is 6.16. The summed E-state index contributed by atoms with van der Waals surface area (Å²) in [7, 11) is 0. The van der Waals surface area contributed by atoms with Crippen LogP contribution in [0.2, 0.25) is 5.02 Å². The molecule has 0 spiro atoms. The van der Waals surface area contributed by atoms with Crippen LogP contribution in [0.5, 0.6) is 0 Å². The Balaban J connectivity index is 1.89. The highest BCUT2D eigenvalue weighted by Crippen LogP contribution is 2.21. The molecule has 0 aliphatic carbocycles. The molecule has 0 saturated carbocycles. The third-order valence-corrected chi connectivity index (χ3v) is 4.00. The van der Waals surface area contributed by atoms with Gasteiger partial charge in [-0.2, -0.15) is 0 Å². The molecule has 19 heavy (non-hydrogen) atoms. The Morgan fingerprint density at radius 1 is 1.58 bits per heavy atom. The van der Waals surface area contributed by atoms with E-state index >= 15 is 0 Å². The normalized spacial score (nSPS) is 10.9. The molecule has 1 amide bonds. The summed E-state index contributed by atoms with van der Waals surface area (Å²) >= 11 is 7.24. The van der Waals surface area contributed by atoms with Crippen molar-refractivity contribution < 1.29 is 4.79 Å². The number of amides is 1. The molecule has 2 rings (SSSR count). The summed E-state index contributed by atoms with van der Waals surface area (Å²) in [5.41, 5.74) is 0. The minimum absolute atomic E-state index is 0.143. The van der Waals surface area contributed by atoms with E-state index in [-0.39, 0.29) is 5.91 Å². The number of hydrogen-bond acceptors (Lipinski definition) is 4. The van der Waals surface area contributed by atoms with Gasteiger partial charge in [0.2, 0.25) is 0 Å². The van der Waals surface area contributed by atoms with Crippen LogP contribution in [0.3, 0.4) is 0 Å². The molecular formula is C12H15ClN4OS. The molecule has 2 aromatic rings. The lowest BCUT2D eigenvalue weighted by Gasteiger charge is -2.10. The van der Waals surface area contributed by atoms with Gasteiger partial charge in [-0.1, -0.05) is 11.6 Å². The zero-order chi connectivity index (χ0) is 13.8. The Labute approximate surface area is 120 Å². The first-order valence-electron chi connectivity index (χ1n) is 5.99. The standard InChI is InChI=1S/C12H15ClN4OS/c1-8(2)17-7-15-16-10(17)3-5-14-12(18)11-9(13)4-6-19-11/h4,6-8H,3,5H2,1-2H3,(H,14,18). The number of nitrogens with zero attached hydrogens (tertiary/aromatic N) is 3. The Morgan fingerprint density at radius 2 is 2.37 bits per heavy atom. The number of carbonyl (C=O) groups excluding carboxylic acids is 1. The van der Waals surface area contributed by atoms with Crippen molar-refractivity contribution in [2.75, 3.05) is 6.54 Å². The number of rotatable bonds is 5. The van der Waals surface area contributed by atoms with Gasteiger partial charge >= 0.3 is 0 Å². The van der Waals surface area contributed by atoms with E-state index in [2.05, 4.69) is 29.4 Å². The van der Waals surface area contributed by atoms with Crippen molar-refractivity contribution in [3.63, 3.8) is 0 Å². The van der Waals surface area contributed by atoms with Gasteiger partial charge in [0.15, 0.2) is 0 Å². The van der Waals surface area contributed by atoms with Gasteiger partial charge in [-0.25, -0.2) is 0 Å². The van der Waals surface area contributed by atoms with Crippen molar-refractivity contribution in [2.24, 2.45) is 0 Å². The van der Waals surface area contributed by atoms with Crippen LogP contribution >= 0.6 is 22.9 Å². The SMILES string of the molecule is CC(C)n1cnnc1CCNC(=O)c1sccc1Cl. The molecule has 0 atom stereocenters. The fourth-order valence-electron chi connectivity index (χ4n) is 1.70. The van der Waals surface area contributed by atoms with Crippen LogP contribution in [0.25, 0.3) is 0 Å². The molecule has 0 unspecified atom stereocenters. The summed E-state index contributed by atoms with van der Waals surface area (Å²) < 4.78 is 1.99. The van der Waals surface area contributed by atoms with Crippen LogP contribution in [-0.4, -0.2) is 27.2 Å². The maximum absolute atomic E-state index is 11.8. The van der Waals surface area contributed by atoms with Gasteiger partial charge in [-0.3, -0.25) is 4.79 Å². The first kappa shape index (κ1) is 14.0. The summed E-state index contributed by atoms with van der Waals surface area (Å²) in [5.74, 6) is 0.725. The minimum atomic E-state index is -0.143. The monoisotopic (exact) mass is 298 g/mol. The van der Waals surface area contributed by atoms with Gasteiger partial charge in [0.05, 0.1) is 5.02 Å². The van der Waals surface area contributed by atoms with Gasteiger partial charge in [0, 0.05) is 19.0 Å². The smallest absolute Gasteiger partial charge is 0.262 e. The largest absolute Gasteiger partial charge is 0.351 e. The third-order valence-electron chi connectivity index (χ3n) is 2.66. The highest BCUT2D eigenvalue weighted by atomic mass is 35.5. The Hall–Kier alpha value is -1.40. The molecule has 0 aromatic carbocycles. The highest BCUT2D eigenvalue weighted by molar-refractivity contribution is 7.12. The molecule has 0 aliphatic heterocycles. The van der Waals surface area contributed by atoms with E-state index in [1.54, 1.807) is 17.8 Å². The summed E-state index contributed by atoms with van der Waals surface area (Å²) in [6.45, 7) is 4.65. The van der Waals surface area contributed by atoms with E-state index in [4.69, 9.17) is 11.6 Å². The molecule has 0 saturated heterocycles. The molecule has 102 valence electrons. The van der Waals surface area contributed by atoms with Gasteiger partial charge < -0.3 is 9.88 Å². The third kappa shape index (κ3) is 3.33. The minimum Gasteiger partial charge on any atom is -0.351 e. The lowest BCUT2D eigenvalue weighted by Crippen LogP contribution is -2.26. The summed E-state index contributed by atoms with van der Waals surface area (Å²) in [6.07, 6.45) is 2.35. The van der Waals surface area contributed by atoms with Crippen LogP contribution in [0.15, 0.2) is 17.8 Å². The zero-order valence-electron chi connectivity index (χ0n) is 10.8. The molecule has 2 heterocycles. The number of nitrogens with one attached hydrogen (secondary N) is 1. The van der Waals surface area contributed by atoms with Crippen LogP contribution < -0.4 is 5.32 Å². The van der Waals surface area contributed by atoms with Crippen molar-refractivity contribution in [3.8, 4) is 0 Å². The van der Waals surface area contributed by atoms with Crippen molar-refractivity contribution >= 4 is 28.8 Å². The zero-order valence-corrected chi connectivity index (χ0v) is 12.3. The lowest BCUT2D eigenvalue weighted by molar-refractivity contribution is 0.0958. The van der Waals surface area contributed by atoms with Crippen molar-refractivity contribution in [1.82, 2.24) is 20.1 Å². The molecule has 2 aromatic heterocycles. The van der Waals surface area contributed by atoms with Gasteiger partial charge in [-0.15, -0.1) is 21.5 Å². The number of thiophene rings is 1. The number of halogens is 1. The predicted molar refractivity (Wildman–Crippen MR) is 75.8 cm³/mol. The molecule has 7 heteroatoms. The molecule has 0 bridgehead atoms. The fraction of sp³-hybridized carbons (Fsp3) is 0.417. The van der Waals surface area contributed by atoms with Gasteiger partial charge in [0.25, 0.3) is 5.91 Å². The summed E-state index contributed by atoms with van der Waals surface area (Å²) in [6, 6.07) is 2.03. The summed E-state index contributed by atoms with van der Waals surface area (Å²) in [5, 5.41) is 13.1. The van der Waals surface area contributed by atoms with E-state index in [9.17, 15) is 4.79 Å². The molecule has 5 nitrogen and oxygen atoms in total. The number of carbonyl (C=O) groups is 1. The Kier molecular flexibility index (Phi) is 4.55. The highest BCUT2D eigenvalue weighted by Gasteiger charge is 2.12. The summed E-state index contributed by atoms with van der Waals surface area (Å²) in [4.78, 5) is 12.4. The van der Waals surface area contributed by atoms with Crippen molar-refractivity contribution in [2.45, 2.75) is 26.3 Å². The van der Waals surface area contributed by atoms with E-state index in [1.165, 1.54) is 11.3 Å². The molecule has 0 radical (unpaired) electrons. The van der Waals surface area contributed by atoms with Crippen LogP contribution in [0, 0.1) is 0 Å². The van der Waals surface area contributed by atoms with Crippen molar-refractivity contribution in [3.05, 3.63) is 33.5 Å². The maximum atomic E-state index is 11.8. The Morgan fingerprint density at radius 3 is 3.00 bits per heavy atom. The first-order chi connectivity index (χ1) is 9.09. The molecule has 0 fully saturated rings. The second-order valence-electron chi connectivity index (χ2n) is 4.35. The van der Waals surface area contributed by atoms with Crippen molar-refractivity contribution in [1.29, 1.82) is 0 Å². The van der Waals surface area contributed by atoms with E-state index in [0.29, 0.717) is 28.9 Å².